The Bertz CT molecular complexity index is 799. The number of likely N-dealkylation sites (N-methyl/N-ethyl adjacent to an activating group) is 1. The van der Waals surface area contributed by atoms with Gasteiger partial charge in [0.05, 0.1) is 5.92 Å². The highest BCUT2D eigenvalue weighted by molar-refractivity contribution is 6.00. The average molecular weight is 334 g/mol. The van der Waals surface area contributed by atoms with Crippen molar-refractivity contribution in [2.24, 2.45) is 0 Å². The fraction of sp³-hybridized carbons (Fsp3) is 0.333. The van der Waals surface area contributed by atoms with E-state index in [-0.39, 0.29) is 17.7 Å². The summed E-state index contributed by atoms with van der Waals surface area (Å²) in [4.78, 5) is 29.5. The zero-order chi connectivity index (χ0) is 17.4. The minimum absolute atomic E-state index is 0.000631. The molecule has 4 rings (SSSR count). The van der Waals surface area contributed by atoms with Crippen molar-refractivity contribution in [3.63, 3.8) is 0 Å². The molecule has 0 spiro atoms. The summed E-state index contributed by atoms with van der Waals surface area (Å²) >= 11 is 0. The Labute approximate surface area is 148 Å². The smallest absolute Gasteiger partial charge is 0.253 e. The van der Waals surface area contributed by atoms with Crippen LogP contribution < -0.4 is 0 Å². The Morgan fingerprint density at radius 1 is 1.08 bits per heavy atom. The second kappa shape index (κ2) is 6.36. The second-order valence-electron chi connectivity index (χ2n) is 7.01. The molecule has 1 aliphatic heterocycles. The lowest BCUT2D eigenvalue weighted by Crippen LogP contribution is -2.45. The van der Waals surface area contributed by atoms with Gasteiger partial charge in [-0.3, -0.25) is 9.59 Å². The minimum atomic E-state index is -0.275. The van der Waals surface area contributed by atoms with E-state index in [4.69, 9.17) is 0 Å². The summed E-state index contributed by atoms with van der Waals surface area (Å²) in [5.74, 6) is -0.137. The number of hydrogen-bond acceptors (Lipinski definition) is 2. The Balaban J connectivity index is 1.64. The molecule has 1 atom stereocenters. The molecule has 2 amide bonds. The van der Waals surface area contributed by atoms with E-state index in [2.05, 4.69) is 12.1 Å². The van der Waals surface area contributed by atoms with Crippen molar-refractivity contribution in [3.8, 4) is 0 Å². The molecule has 0 radical (unpaired) electrons. The largest absolute Gasteiger partial charge is 0.341 e. The van der Waals surface area contributed by atoms with Gasteiger partial charge in [0.1, 0.15) is 0 Å². The summed E-state index contributed by atoms with van der Waals surface area (Å²) < 4.78 is 0. The molecule has 0 unspecified atom stereocenters. The van der Waals surface area contributed by atoms with E-state index < -0.39 is 0 Å². The maximum atomic E-state index is 13.4. The van der Waals surface area contributed by atoms with Crippen LogP contribution >= 0.6 is 0 Å². The normalized spacial score (nSPS) is 19.5. The van der Waals surface area contributed by atoms with Crippen molar-refractivity contribution < 1.29 is 9.59 Å². The van der Waals surface area contributed by atoms with E-state index in [0.29, 0.717) is 24.7 Å². The zero-order valence-electron chi connectivity index (χ0n) is 14.4. The summed E-state index contributed by atoms with van der Waals surface area (Å²) in [5.41, 5.74) is 2.68. The molecule has 1 saturated carbocycles. The van der Waals surface area contributed by atoms with Gasteiger partial charge in [-0.25, -0.2) is 0 Å². The summed E-state index contributed by atoms with van der Waals surface area (Å²) in [7, 11) is 1.78. The van der Waals surface area contributed by atoms with E-state index in [1.165, 1.54) is 0 Å². The lowest BCUT2D eigenvalue weighted by atomic mass is 9.88. The quantitative estimate of drug-likeness (QED) is 0.862. The van der Waals surface area contributed by atoms with E-state index in [9.17, 15) is 9.59 Å². The van der Waals surface area contributed by atoms with Gasteiger partial charge in [-0.15, -0.1) is 0 Å². The van der Waals surface area contributed by atoms with Gasteiger partial charge < -0.3 is 9.80 Å². The first-order valence-corrected chi connectivity index (χ1v) is 8.84. The van der Waals surface area contributed by atoms with E-state index >= 15 is 0 Å². The number of hydrogen-bond donors (Lipinski definition) is 0. The van der Waals surface area contributed by atoms with Crippen molar-refractivity contribution in [1.82, 2.24) is 9.80 Å². The molecule has 4 heteroatoms. The third-order valence-corrected chi connectivity index (χ3v) is 5.13. The van der Waals surface area contributed by atoms with Gasteiger partial charge in [-0.1, -0.05) is 48.5 Å². The van der Waals surface area contributed by atoms with Crippen LogP contribution in [0.15, 0.2) is 54.6 Å². The molecule has 2 aromatic carbocycles. The predicted octanol–water partition coefficient (Wildman–Crippen LogP) is 3.05. The Hall–Kier alpha value is -2.62. The topological polar surface area (TPSA) is 40.6 Å². The molecule has 2 aliphatic rings. The van der Waals surface area contributed by atoms with E-state index in [1.54, 1.807) is 11.9 Å². The summed E-state index contributed by atoms with van der Waals surface area (Å²) in [6, 6.07) is 18.0. The summed E-state index contributed by atoms with van der Waals surface area (Å²) in [5, 5.41) is 0. The summed E-state index contributed by atoms with van der Waals surface area (Å²) in [6.07, 6.45) is 2.14. The molecule has 4 nitrogen and oxygen atoms in total. The number of carbonyl (C=O) groups is 2. The lowest BCUT2D eigenvalue weighted by molar-refractivity contribution is -0.134. The van der Waals surface area contributed by atoms with Gasteiger partial charge in [-0.05, 0) is 30.0 Å². The van der Waals surface area contributed by atoms with Gasteiger partial charge in [0.2, 0.25) is 5.91 Å². The molecule has 0 N–H and O–H groups in total. The first kappa shape index (κ1) is 15.9. The van der Waals surface area contributed by atoms with Crippen LogP contribution in [0.2, 0.25) is 0 Å². The molecule has 0 aromatic heterocycles. The molecular formula is C21H22N2O2. The van der Waals surface area contributed by atoms with Gasteiger partial charge in [0.15, 0.2) is 0 Å². The van der Waals surface area contributed by atoms with Gasteiger partial charge in [0, 0.05) is 31.7 Å². The highest BCUT2D eigenvalue weighted by Crippen LogP contribution is 2.34. The monoisotopic (exact) mass is 334 g/mol. The van der Waals surface area contributed by atoms with E-state index in [0.717, 1.165) is 24.0 Å². The summed E-state index contributed by atoms with van der Waals surface area (Å²) in [6.45, 7) is 1.09. The highest BCUT2D eigenvalue weighted by Gasteiger charge is 2.40. The van der Waals surface area contributed by atoms with Crippen LogP contribution in [0.4, 0.5) is 0 Å². The zero-order valence-corrected chi connectivity index (χ0v) is 14.4. The number of carbonyl (C=O) groups excluding carboxylic acids is 2. The van der Waals surface area contributed by atoms with Crippen molar-refractivity contribution in [3.05, 3.63) is 71.3 Å². The van der Waals surface area contributed by atoms with Crippen LogP contribution in [0, 0.1) is 0 Å². The SMILES string of the molecule is CN1C[C@H](C(=O)N(Cc2ccccc2)C2CC2)c2ccccc2C1=O. The Kier molecular flexibility index (Phi) is 4.04. The van der Waals surface area contributed by atoms with Crippen molar-refractivity contribution in [2.75, 3.05) is 13.6 Å². The average Bonchev–Trinajstić information content (AvgIpc) is 3.48. The van der Waals surface area contributed by atoms with Gasteiger partial charge >= 0.3 is 0 Å². The maximum Gasteiger partial charge on any atom is 0.253 e. The standard InChI is InChI=1S/C21H22N2O2/c1-22-14-19(17-9-5-6-10-18(17)20(22)24)21(25)23(16-11-12-16)13-15-7-3-2-4-8-15/h2-10,16,19H,11-14H2,1H3/t19-/m0/s1. The fourth-order valence-electron chi connectivity index (χ4n) is 3.62. The molecule has 1 fully saturated rings. The van der Waals surface area contributed by atoms with Crippen LogP contribution in [-0.4, -0.2) is 41.2 Å². The van der Waals surface area contributed by atoms with Crippen LogP contribution in [0.25, 0.3) is 0 Å². The maximum absolute atomic E-state index is 13.4. The Morgan fingerprint density at radius 2 is 1.76 bits per heavy atom. The number of fused-ring (bicyclic) bond motifs is 1. The number of amides is 2. The molecule has 2 aromatic rings. The molecule has 0 bridgehead atoms. The number of rotatable bonds is 4. The Morgan fingerprint density at radius 3 is 2.48 bits per heavy atom. The predicted molar refractivity (Wildman–Crippen MR) is 96.2 cm³/mol. The van der Waals surface area contributed by atoms with Crippen molar-refractivity contribution in [2.45, 2.75) is 31.3 Å². The van der Waals surface area contributed by atoms with Crippen LogP contribution in [0.5, 0.6) is 0 Å². The van der Waals surface area contributed by atoms with Crippen LogP contribution in [0.3, 0.4) is 0 Å². The van der Waals surface area contributed by atoms with Crippen molar-refractivity contribution in [1.29, 1.82) is 0 Å². The molecule has 1 aliphatic carbocycles. The second-order valence-corrected chi connectivity index (χ2v) is 7.01. The van der Waals surface area contributed by atoms with Crippen LogP contribution in [-0.2, 0) is 11.3 Å². The minimum Gasteiger partial charge on any atom is -0.341 e. The van der Waals surface area contributed by atoms with Crippen LogP contribution in [0.1, 0.15) is 40.2 Å². The first-order chi connectivity index (χ1) is 12.1. The molecule has 25 heavy (non-hydrogen) atoms. The molecule has 1 heterocycles. The first-order valence-electron chi connectivity index (χ1n) is 8.84. The van der Waals surface area contributed by atoms with E-state index in [1.807, 2.05) is 47.4 Å². The molecule has 0 saturated heterocycles. The fourth-order valence-corrected chi connectivity index (χ4v) is 3.62. The van der Waals surface area contributed by atoms with Crippen molar-refractivity contribution >= 4 is 11.8 Å². The molecular weight excluding hydrogens is 312 g/mol. The number of nitrogens with zero attached hydrogens (tertiary/aromatic N) is 2. The molecule has 128 valence electrons. The highest BCUT2D eigenvalue weighted by atomic mass is 16.2. The van der Waals surface area contributed by atoms with Gasteiger partial charge in [-0.2, -0.15) is 0 Å². The third-order valence-electron chi connectivity index (χ3n) is 5.13. The lowest BCUT2D eigenvalue weighted by Gasteiger charge is -2.34. The van der Waals surface area contributed by atoms with Gasteiger partial charge in [0.25, 0.3) is 5.91 Å². The number of benzene rings is 2. The third kappa shape index (κ3) is 3.04.